The molecule has 0 amide bonds. The molecule has 0 fully saturated rings. The predicted octanol–water partition coefficient (Wildman–Crippen LogP) is 6.57. The zero-order valence-electron chi connectivity index (χ0n) is 19.2. The number of aliphatic carboxylic acids is 1. The summed E-state index contributed by atoms with van der Waals surface area (Å²) in [6.07, 6.45) is 3.45. The molecule has 3 rings (SSSR count). The highest BCUT2D eigenvalue weighted by Crippen LogP contribution is 2.30. The fourth-order valence-corrected chi connectivity index (χ4v) is 4.14. The molecule has 3 aromatic rings. The first-order valence-electron chi connectivity index (χ1n) is 11.4. The third-order valence-corrected chi connectivity index (χ3v) is 5.84. The van der Waals surface area contributed by atoms with Crippen molar-refractivity contribution >= 4 is 24.1 Å². The highest BCUT2D eigenvalue weighted by atomic mass is 16.4. The van der Waals surface area contributed by atoms with E-state index in [1.807, 2.05) is 66.7 Å². The van der Waals surface area contributed by atoms with E-state index in [1.165, 1.54) is 0 Å². The monoisotopic (exact) mass is 440 g/mol. The number of hydrogen-bond donors (Lipinski definition) is 1. The Kier molecular flexibility index (Phi) is 9.01. The third kappa shape index (κ3) is 6.66. The number of hydrogen-bond acceptors (Lipinski definition) is 3. The molecule has 0 radical (unpaired) electrons. The summed E-state index contributed by atoms with van der Waals surface area (Å²) in [6.45, 7) is 4.70. The first-order chi connectivity index (χ1) is 16.1. The van der Waals surface area contributed by atoms with Crippen LogP contribution >= 0.6 is 0 Å². The van der Waals surface area contributed by atoms with Crippen molar-refractivity contribution in [1.82, 2.24) is 4.90 Å². The maximum absolute atomic E-state index is 11.7. The molecule has 0 spiro atoms. The molecule has 0 aliphatic heterocycles. The highest BCUT2D eigenvalue weighted by molar-refractivity contribution is 5.90. The molecular formula is C29H32N2O2. The first kappa shape index (κ1) is 24.0. The van der Waals surface area contributed by atoms with E-state index in [-0.39, 0.29) is 0 Å². The van der Waals surface area contributed by atoms with E-state index >= 15 is 0 Å². The van der Waals surface area contributed by atoms with Crippen LogP contribution in [0, 0.1) is 0 Å². The number of aliphatic imine (C=N–C) groups is 1. The number of benzene rings is 3. The molecule has 3 aromatic carbocycles. The normalized spacial score (nSPS) is 12.5. The van der Waals surface area contributed by atoms with Crippen molar-refractivity contribution in [3.8, 4) is 0 Å². The number of nitrogens with zero attached hydrogens (tertiary/aromatic N) is 2. The lowest BCUT2D eigenvalue weighted by Crippen LogP contribution is -2.19. The van der Waals surface area contributed by atoms with E-state index < -0.39 is 11.9 Å². The summed E-state index contributed by atoms with van der Waals surface area (Å²) in [7, 11) is 2.08. The summed E-state index contributed by atoms with van der Waals surface area (Å²) < 4.78 is 0. The fourth-order valence-electron chi connectivity index (χ4n) is 4.14. The Morgan fingerprint density at radius 1 is 0.848 bits per heavy atom. The van der Waals surface area contributed by atoms with Crippen LogP contribution in [-0.2, 0) is 4.79 Å². The van der Waals surface area contributed by atoms with Gasteiger partial charge >= 0.3 is 5.97 Å². The van der Waals surface area contributed by atoms with Gasteiger partial charge in [-0.25, -0.2) is 0 Å². The predicted molar refractivity (Wildman–Crippen MR) is 137 cm³/mol. The van der Waals surface area contributed by atoms with Gasteiger partial charge in [-0.1, -0.05) is 104 Å². The summed E-state index contributed by atoms with van der Waals surface area (Å²) in [5.74, 6) is -1.20. The summed E-state index contributed by atoms with van der Waals surface area (Å²) in [5, 5.41) is 9.64. The van der Waals surface area contributed by atoms with Gasteiger partial charge in [-0.2, -0.15) is 0 Å². The van der Waals surface area contributed by atoms with Crippen molar-refractivity contribution in [1.29, 1.82) is 0 Å². The molecule has 0 saturated carbocycles. The number of rotatable bonds is 12. The number of carboxylic acids is 1. The van der Waals surface area contributed by atoms with E-state index in [2.05, 4.69) is 47.9 Å². The van der Waals surface area contributed by atoms with Crippen molar-refractivity contribution < 1.29 is 9.90 Å². The quantitative estimate of drug-likeness (QED) is 0.197. The summed E-state index contributed by atoms with van der Waals surface area (Å²) in [4.78, 5) is 18.4. The summed E-state index contributed by atoms with van der Waals surface area (Å²) >= 11 is 0. The second-order valence-electron chi connectivity index (χ2n) is 8.16. The summed E-state index contributed by atoms with van der Waals surface area (Å²) in [6, 6.07) is 29.9. The minimum atomic E-state index is -0.753. The maximum Gasteiger partial charge on any atom is 0.310 e. The van der Waals surface area contributed by atoms with Crippen LogP contribution in [0.15, 0.2) is 96.0 Å². The van der Waals surface area contributed by atoms with Gasteiger partial charge in [0.2, 0.25) is 0 Å². The molecule has 0 aliphatic carbocycles. The van der Waals surface area contributed by atoms with E-state index in [9.17, 15) is 9.90 Å². The Bertz CT molecular complexity index is 1050. The summed E-state index contributed by atoms with van der Waals surface area (Å²) in [5.41, 5.74) is 4.91. The van der Waals surface area contributed by atoms with Crippen molar-refractivity contribution in [3.63, 3.8) is 0 Å². The van der Waals surface area contributed by atoms with Crippen LogP contribution in [0.25, 0.3) is 11.4 Å². The molecule has 0 saturated heterocycles. The van der Waals surface area contributed by atoms with Gasteiger partial charge in [0, 0.05) is 24.7 Å². The maximum atomic E-state index is 11.7. The Morgan fingerprint density at radius 2 is 1.39 bits per heavy atom. The lowest BCUT2D eigenvalue weighted by atomic mass is 9.93. The van der Waals surface area contributed by atoms with Gasteiger partial charge in [-0.3, -0.25) is 9.79 Å². The van der Waals surface area contributed by atoms with Crippen LogP contribution in [0.4, 0.5) is 0 Å². The molecule has 0 bridgehead atoms. The lowest BCUT2D eigenvalue weighted by molar-refractivity contribution is -0.139. The number of carbonyl (C=O) groups is 1. The topological polar surface area (TPSA) is 52.9 Å². The minimum absolute atomic E-state index is 0.446. The van der Waals surface area contributed by atoms with E-state index in [1.54, 1.807) is 0 Å². The van der Waals surface area contributed by atoms with Crippen LogP contribution in [-0.4, -0.2) is 36.3 Å². The Labute approximate surface area is 196 Å². The van der Waals surface area contributed by atoms with Crippen LogP contribution < -0.4 is 0 Å². The van der Waals surface area contributed by atoms with Crippen LogP contribution in [0.3, 0.4) is 0 Å². The van der Waals surface area contributed by atoms with E-state index in [0.29, 0.717) is 6.42 Å². The van der Waals surface area contributed by atoms with E-state index in [0.717, 1.165) is 53.9 Å². The van der Waals surface area contributed by atoms with Crippen LogP contribution in [0.5, 0.6) is 0 Å². The molecule has 0 aliphatic rings. The third-order valence-electron chi connectivity index (χ3n) is 5.84. The molecule has 1 atom stereocenters. The Morgan fingerprint density at radius 3 is 1.94 bits per heavy atom. The molecular weight excluding hydrogens is 408 g/mol. The Hall–Kier alpha value is -3.66. The molecule has 33 heavy (non-hydrogen) atoms. The van der Waals surface area contributed by atoms with Gasteiger partial charge < -0.3 is 10.0 Å². The largest absolute Gasteiger partial charge is 0.481 e. The lowest BCUT2D eigenvalue weighted by Gasteiger charge is -2.25. The van der Waals surface area contributed by atoms with Gasteiger partial charge in [0.25, 0.3) is 0 Å². The highest BCUT2D eigenvalue weighted by Gasteiger charge is 2.19. The number of unbranched alkanes of at least 4 members (excludes halogenated alkanes) is 2. The fraction of sp³-hybridized carbons (Fsp3) is 0.241. The molecule has 0 aromatic heterocycles. The first-order valence-corrected chi connectivity index (χ1v) is 11.4. The second kappa shape index (κ2) is 12.4. The van der Waals surface area contributed by atoms with Crippen molar-refractivity contribution in [3.05, 3.63) is 108 Å². The zero-order valence-corrected chi connectivity index (χ0v) is 19.2. The zero-order chi connectivity index (χ0) is 23.5. The van der Waals surface area contributed by atoms with Gasteiger partial charge in [0.05, 0.1) is 17.3 Å². The second-order valence-corrected chi connectivity index (χ2v) is 8.16. The van der Waals surface area contributed by atoms with Crippen LogP contribution in [0.2, 0.25) is 0 Å². The molecule has 170 valence electrons. The molecule has 4 heteroatoms. The molecule has 1 unspecified atom stereocenters. The number of carboxylic acid groups (broad SMARTS) is 1. The average molecular weight is 441 g/mol. The molecule has 0 heterocycles. The average Bonchev–Trinajstić information content (AvgIpc) is 2.85. The molecule has 4 nitrogen and oxygen atoms in total. The van der Waals surface area contributed by atoms with Crippen LogP contribution in [0.1, 0.15) is 48.3 Å². The van der Waals surface area contributed by atoms with Crippen molar-refractivity contribution in [2.75, 3.05) is 13.6 Å². The van der Waals surface area contributed by atoms with E-state index in [4.69, 9.17) is 0 Å². The van der Waals surface area contributed by atoms with Gasteiger partial charge in [-0.05, 0) is 25.1 Å². The SMILES string of the molecule is C=N/C(=C(/c1ccccc1)N(C)CCCCCC(C(=O)O)c1ccccc1)c1ccccc1. The smallest absolute Gasteiger partial charge is 0.310 e. The molecule has 1 N–H and O–H groups in total. The van der Waals surface area contributed by atoms with Gasteiger partial charge in [0.15, 0.2) is 0 Å². The van der Waals surface area contributed by atoms with Crippen molar-refractivity contribution in [2.45, 2.75) is 31.6 Å². The standard InChI is InChI=1S/C29H32N2O2/c1-30-27(24-17-9-4-10-18-24)28(25-19-11-5-12-20-25)31(2)22-14-6-13-21-26(29(32)33)23-15-7-3-8-16-23/h3-5,7-12,15-20,26H,1,6,13-14,21-22H2,2H3,(H,32,33)/b28-27-. The van der Waals surface area contributed by atoms with Crippen molar-refractivity contribution in [2.24, 2.45) is 4.99 Å². The minimum Gasteiger partial charge on any atom is -0.481 e. The Balaban J connectivity index is 1.67. The van der Waals surface area contributed by atoms with Gasteiger partial charge in [-0.15, -0.1) is 0 Å². The van der Waals surface area contributed by atoms with Gasteiger partial charge in [0.1, 0.15) is 0 Å².